The van der Waals surface area contributed by atoms with E-state index in [4.69, 9.17) is 20.3 Å². The second-order valence-corrected chi connectivity index (χ2v) is 2.66. The summed E-state index contributed by atoms with van der Waals surface area (Å²) in [6.45, 7) is 5.39. The molecule has 0 bridgehead atoms. The van der Waals surface area contributed by atoms with Crippen LogP contribution in [0.15, 0.2) is 0 Å². The molecule has 3 unspecified atom stereocenters. The lowest BCUT2D eigenvalue weighted by Gasteiger charge is -2.21. The number of aliphatic hydroxyl groups excluding tert-OH is 1. The summed E-state index contributed by atoms with van der Waals surface area (Å²) in [7, 11) is 0. The van der Waals surface area contributed by atoms with Crippen LogP contribution in [-0.2, 0) is 9.47 Å². The fourth-order valence-electron chi connectivity index (χ4n) is 0.735. The van der Waals surface area contributed by atoms with Gasteiger partial charge in [-0.1, -0.05) is 13.8 Å². The maximum absolute atomic E-state index is 8.90. The molecule has 0 aromatic heterocycles. The van der Waals surface area contributed by atoms with E-state index in [1.165, 1.54) is 0 Å². The maximum atomic E-state index is 8.90. The molecule has 0 saturated carbocycles. The van der Waals surface area contributed by atoms with Crippen LogP contribution in [0.4, 0.5) is 0 Å². The van der Waals surface area contributed by atoms with Crippen LogP contribution in [0.2, 0.25) is 0 Å². The molecule has 0 aromatic rings. The Morgan fingerprint density at radius 1 is 1.25 bits per heavy atom. The molecule has 0 aliphatic carbocycles. The minimum atomic E-state index is -0.806. The number of ether oxygens (including phenoxy) is 2. The summed E-state index contributed by atoms with van der Waals surface area (Å²) in [4.78, 5) is 0. The van der Waals surface area contributed by atoms with E-state index in [1.54, 1.807) is 6.92 Å². The second kappa shape index (κ2) is 6.37. The standard InChI is InChI=1S/C8H19NO3/c1-4-7(9)12-8(5-2)11-6(3)10/h6-8,10H,4-5,9H2,1-3H3. The summed E-state index contributed by atoms with van der Waals surface area (Å²) in [5.74, 6) is 0. The lowest BCUT2D eigenvalue weighted by Crippen LogP contribution is -2.32. The molecular weight excluding hydrogens is 158 g/mol. The van der Waals surface area contributed by atoms with E-state index >= 15 is 0 Å². The highest BCUT2D eigenvalue weighted by atomic mass is 16.7. The molecule has 0 spiro atoms. The van der Waals surface area contributed by atoms with Gasteiger partial charge in [0.25, 0.3) is 0 Å². The maximum Gasteiger partial charge on any atom is 0.162 e. The first-order chi connectivity index (χ1) is 5.60. The number of hydrogen-bond acceptors (Lipinski definition) is 4. The van der Waals surface area contributed by atoms with Crippen LogP contribution in [0.3, 0.4) is 0 Å². The van der Waals surface area contributed by atoms with Crippen LogP contribution in [0.25, 0.3) is 0 Å². The zero-order valence-electron chi connectivity index (χ0n) is 7.99. The minimum Gasteiger partial charge on any atom is -0.368 e. The number of hydrogen-bond donors (Lipinski definition) is 2. The predicted molar refractivity (Wildman–Crippen MR) is 46.2 cm³/mol. The molecule has 0 aliphatic rings. The van der Waals surface area contributed by atoms with Crippen LogP contribution in [0.5, 0.6) is 0 Å². The lowest BCUT2D eigenvalue weighted by molar-refractivity contribution is -0.237. The Balaban J connectivity index is 3.66. The Hall–Kier alpha value is -0.160. The van der Waals surface area contributed by atoms with Crippen LogP contribution >= 0.6 is 0 Å². The Bertz CT molecular complexity index is 108. The molecule has 12 heavy (non-hydrogen) atoms. The van der Waals surface area contributed by atoms with Crippen LogP contribution < -0.4 is 5.73 Å². The third-order valence-electron chi connectivity index (χ3n) is 1.41. The van der Waals surface area contributed by atoms with Crippen molar-refractivity contribution < 1.29 is 14.6 Å². The summed E-state index contributed by atoms with van der Waals surface area (Å²) >= 11 is 0. The Labute approximate surface area is 73.7 Å². The molecule has 4 heteroatoms. The first-order valence-corrected chi connectivity index (χ1v) is 4.34. The van der Waals surface area contributed by atoms with Crippen LogP contribution in [0, 0.1) is 0 Å². The topological polar surface area (TPSA) is 64.7 Å². The molecule has 3 N–H and O–H groups in total. The molecule has 0 radical (unpaired) electrons. The number of rotatable bonds is 6. The van der Waals surface area contributed by atoms with E-state index in [-0.39, 0.29) is 6.23 Å². The highest BCUT2D eigenvalue weighted by Gasteiger charge is 2.12. The van der Waals surface area contributed by atoms with Crippen LogP contribution in [-0.4, -0.2) is 23.9 Å². The van der Waals surface area contributed by atoms with Gasteiger partial charge < -0.3 is 20.3 Å². The van der Waals surface area contributed by atoms with Gasteiger partial charge in [-0.25, -0.2) is 0 Å². The second-order valence-electron chi connectivity index (χ2n) is 2.66. The molecule has 3 atom stereocenters. The van der Waals surface area contributed by atoms with E-state index < -0.39 is 12.6 Å². The van der Waals surface area contributed by atoms with E-state index in [2.05, 4.69) is 0 Å². The SMILES string of the molecule is CCC(N)OC(CC)OC(C)O. The molecule has 0 aliphatic heterocycles. The smallest absolute Gasteiger partial charge is 0.162 e. The highest BCUT2D eigenvalue weighted by molar-refractivity contribution is 4.47. The molecule has 0 heterocycles. The van der Waals surface area contributed by atoms with E-state index in [0.717, 1.165) is 6.42 Å². The van der Waals surface area contributed by atoms with Crippen molar-refractivity contribution in [1.29, 1.82) is 0 Å². The van der Waals surface area contributed by atoms with Crippen molar-refractivity contribution in [1.82, 2.24) is 0 Å². The van der Waals surface area contributed by atoms with Crippen molar-refractivity contribution in [2.45, 2.75) is 52.4 Å². The first kappa shape index (κ1) is 11.8. The number of aliphatic hydroxyl groups is 1. The molecular formula is C8H19NO3. The molecule has 0 rings (SSSR count). The van der Waals surface area contributed by atoms with Gasteiger partial charge in [0.15, 0.2) is 12.6 Å². The van der Waals surface area contributed by atoms with Crippen LogP contribution in [0.1, 0.15) is 33.6 Å². The molecule has 0 fully saturated rings. The van der Waals surface area contributed by atoms with Gasteiger partial charge in [0.05, 0.1) is 0 Å². The van der Waals surface area contributed by atoms with Crippen molar-refractivity contribution in [3.05, 3.63) is 0 Å². The van der Waals surface area contributed by atoms with Gasteiger partial charge in [-0.05, 0) is 19.8 Å². The van der Waals surface area contributed by atoms with Crippen molar-refractivity contribution in [3.63, 3.8) is 0 Å². The molecule has 0 saturated heterocycles. The quantitative estimate of drug-likeness (QED) is 0.589. The molecule has 0 amide bonds. The minimum absolute atomic E-state index is 0.311. The third kappa shape index (κ3) is 5.49. The highest BCUT2D eigenvalue weighted by Crippen LogP contribution is 2.05. The van der Waals surface area contributed by atoms with Gasteiger partial charge in [-0.2, -0.15) is 0 Å². The van der Waals surface area contributed by atoms with Crippen molar-refractivity contribution >= 4 is 0 Å². The summed E-state index contributed by atoms with van der Waals surface area (Å²) in [6, 6.07) is 0. The number of nitrogens with two attached hydrogens (primary N) is 1. The summed E-state index contributed by atoms with van der Waals surface area (Å²) < 4.78 is 10.3. The van der Waals surface area contributed by atoms with Crippen molar-refractivity contribution in [2.75, 3.05) is 0 Å². The molecule has 4 nitrogen and oxygen atoms in total. The van der Waals surface area contributed by atoms with Gasteiger partial charge in [-0.3, -0.25) is 0 Å². The molecule has 74 valence electrons. The Kier molecular flexibility index (Phi) is 6.28. The summed E-state index contributed by atoms with van der Waals surface area (Å²) in [6.07, 6.45) is -0.106. The van der Waals surface area contributed by atoms with E-state index in [9.17, 15) is 0 Å². The fourth-order valence-corrected chi connectivity index (χ4v) is 0.735. The molecule has 0 aromatic carbocycles. The average Bonchev–Trinajstić information content (AvgIpc) is 2.02. The van der Waals surface area contributed by atoms with Crippen molar-refractivity contribution in [2.24, 2.45) is 5.73 Å². The zero-order valence-corrected chi connectivity index (χ0v) is 7.99. The largest absolute Gasteiger partial charge is 0.368 e. The van der Waals surface area contributed by atoms with Gasteiger partial charge in [0, 0.05) is 0 Å². The van der Waals surface area contributed by atoms with E-state index in [0.29, 0.717) is 6.42 Å². The van der Waals surface area contributed by atoms with E-state index in [1.807, 2.05) is 13.8 Å². The van der Waals surface area contributed by atoms with Gasteiger partial charge in [-0.15, -0.1) is 0 Å². The zero-order chi connectivity index (χ0) is 9.56. The van der Waals surface area contributed by atoms with Crippen molar-refractivity contribution in [3.8, 4) is 0 Å². The Morgan fingerprint density at radius 3 is 2.17 bits per heavy atom. The fraction of sp³-hybridized carbons (Fsp3) is 1.00. The van der Waals surface area contributed by atoms with Gasteiger partial charge in [0.2, 0.25) is 0 Å². The van der Waals surface area contributed by atoms with Gasteiger partial charge in [0.1, 0.15) is 6.23 Å². The van der Waals surface area contributed by atoms with Gasteiger partial charge >= 0.3 is 0 Å². The average molecular weight is 177 g/mol. The first-order valence-electron chi connectivity index (χ1n) is 4.34. The normalized spacial score (nSPS) is 18.8. The third-order valence-corrected chi connectivity index (χ3v) is 1.41. The summed E-state index contributed by atoms with van der Waals surface area (Å²) in [5.41, 5.74) is 5.54. The Morgan fingerprint density at radius 2 is 1.83 bits per heavy atom. The monoisotopic (exact) mass is 177 g/mol. The summed E-state index contributed by atoms with van der Waals surface area (Å²) in [5, 5.41) is 8.90. The lowest BCUT2D eigenvalue weighted by atomic mass is 10.4. The predicted octanol–water partition coefficient (Wildman–Crippen LogP) is 0.789.